The lowest BCUT2D eigenvalue weighted by molar-refractivity contribution is -0.118. The average Bonchev–Trinajstić information content (AvgIpc) is 3.46. The van der Waals surface area contributed by atoms with Crippen LogP contribution in [-0.4, -0.2) is 12.7 Å². The number of carbonyl (C=O) groups is 1. The summed E-state index contributed by atoms with van der Waals surface area (Å²) in [6, 6.07) is 20.5. The quantitative estimate of drug-likeness (QED) is 0.543. The molecular weight excluding hydrogens is 386 g/mol. The third kappa shape index (κ3) is 3.46. The molecule has 1 aliphatic heterocycles. The van der Waals surface area contributed by atoms with Crippen LogP contribution in [0, 0.1) is 6.92 Å². The van der Waals surface area contributed by atoms with Crippen molar-refractivity contribution < 1.29 is 14.3 Å². The van der Waals surface area contributed by atoms with E-state index < -0.39 is 5.41 Å². The first-order chi connectivity index (χ1) is 15.0. The van der Waals surface area contributed by atoms with Crippen molar-refractivity contribution in [2.24, 2.45) is 0 Å². The Labute approximate surface area is 183 Å². The summed E-state index contributed by atoms with van der Waals surface area (Å²) in [4.78, 5) is 13.3. The van der Waals surface area contributed by atoms with E-state index in [4.69, 9.17) is 9.47 Å². The number of anilines is 1. The van der Waals surface area contributed by atoms with Crippen molar-refractivity contribution in [3.8, 4) is 22.6 Å². The minimum absolute atomic E-state index is 0.0401. The normalized spacial score (nSPS) is 15.7. The third-order valence-electron chi connectivity index (χ3n) is 6.48. The summed E-state index contributed by atoms with van der Waals surface area (Å²) in [6.07, 6.45) is 1.68. The monoisotopic (exact) mass is 413 g/mol. The highest BCUT2D eigenvalue weighted by atomic mass is 16.7. The summed E-state index contributed by atoms with van der Waals surface area (Å²) in [7, 11) is 0. The molecule has 5 rings (SSSR count). The lowest BCUT2D eigenvalue weighted by Gasteiger charge is -2.19. The Morgan fingerprint density at radius 2 is 1.71 bits per heavy atom. The number of carbonyl (C=O) groups excluding carboxylic acids is 1. The summed E-state index contributed by atoms with van der Waals surface area (Å²) in [5, 5.41) is 3.19. The Hall–Kier alpha value is -3.27. The van der Waals surface area contributed by atoms with Crippen LogP contribution in [0.25, 0.3) is 11.1 Å². The molecule has 3 aromatic rings. The Kier molecular flexibility index (Phi) is 4.73. The molecule has 0 aromatic heterocycles. The van der Waals surface area contributed by atoms with Gasteiger partial charge >= 0.3 is 0 Å². The molecule has 1 heterocycles. The van der Waals surface area contributed by atoms with E-state index in [-0.39, 0.29) is 12.7 Å². The molecule has 3 aromatic carbocycles. The number of benzene rings is 3. The molecule has 1 saturated carbocycles. The van der Waals surface area contributed by atoms with Crippen LogP contribution in [0.1, 0.15) is 49.3 Å². The number of amides is 1. The Balaban J connectivity index is 1.44. The molecule has 1 fully saturated rings. The van der Waals surface area contributed by atoms with Gasteiger partial charge in [0, 0.05) is 5.69 Å². The van der Waals surface area contributed by atoms with E-state index in [0.29, 0.717) is 5.92 Å². The van der Waals surface area contributed by atoms with Gasteiger partial charge in [0.15, 0.2) is 11.5 Å². The topological polar surface area (TPSA) is 47.6 Å². The molecular formula is C27H27NO3. The number of aryl methyl sites for hydroxylation is 1. The maximum Gasteiger partial charge on any atom is 0.235 e. The first-order valence-electron chi connectivity index (χ1n) is 10.9. The predicted molar refractivity (Wildman–Crippen MR) is 123 cm³/mol. The van der Waals surface area contributed by atoms with Gasteiger partial charge < -0.3 is 14.8 Å². The second kappa shape index (κ2) is 7.45. The van der Waals surface area contributed by atoms with Crippen molar-refractivity contribution >= 4 is 11.6 Å². The highest BCUT2D eigenvalue weighted by molar-refractivity contribution is 6.02. The third-order valence-corrected chi connectivity index (χ3v) is 6.48. The van der Waals surface area contributed by atoms with Gasteiger partial charge in [-0.05, 0) is 77.8 Å². The fourth-order valence-corrected chi connectivity index (χ4v) is 4.45. The van der Waals surface area contributed by atoms with Crippen molar-refractivity contribution in [2.45, 2.75) is 44.9 Å². The van der Waals surface area contributed by atoms with Crippen LogP contribution in [0.4, 0.5) is 5.69 Å². The second-order valence-corrected chi connectivity index (χ2v) is 8.88. The van der Waals surface area contributed by atoms with Gasteiger partial charge in [0.05, 0.1) is 5.41 Å². The van der Waals surface area contributed by atoms with E-state index in [2.05, 4.69) is 62.5 Å². The average molecular weight is 414 g/mol. The van der Waals surface area contributed by atoms with Gasteiger partial charge in [-0.2, -0.15) is 0 Å². The largest absolute Gasteiger partial charge is 0.454 e. The maximum absolute atomic E-state index is 13.3. The van der Waals surface area contributed by atoms with Gasteiger partial charge in [-0.15, -0.1) is 0 Å². The summed E-state index contributed by atoms with van der Waals surface area (Å²) in [6.45, 7) is 6.78. The molecule has 1 amide bonds. The molecule has 1 aliphatic carbocycles. The van der Waals surface area contributed by atoms with Crippen LogP contribution in [0.15, 0.2) is 60.7 Å². The van der Waals surface area contributed by atoms with Crippen molar-refractivity contribution in [3.63, 3.8) is 0 Å². The highest BCUT2D eigenvalue weighted by Crippen LogP contribution is 2.51. The van der Waals surface area contributed by atoms with Crippen LogP contribution < -0.4 is 14.8 Å². The SMILES string of the molecule is Cc1ccc(NC(=O)C2(c3ccc4c(c3)OCO4)CC2)cc1-c1ccccc1C(C)C. The van der Waals surface area contributed by atoms with Gasteiger partial charge in [0.2, 0.25) is 12.7 Å². The van der Waals surface area contributed by atoms with Gasteiger partial charge in [0.1, 0.15) is 0 Å². The first-order valence-corrected chi connectivity index (χ1v) is 10.9. The molecule has 0 spiro atoms. The second-order valence-electron chi connectivity index (χ2n) is 8.88. The zero-order valence-electron chi connectivity index (χ0n) is 18.2. The number of nitrogens with one attached hydrogen (secondary N) is 1. The summed E-state index contributed by atoms with van der Waals surface area (Å²) in [5.41, 5.74) is 6.24. The minimum atomic E-state index is -0.484. The molecule has 4 nitrogen and oxygen atoms in total. The van der Waals surface area contributed by atoms with E-state index in [1.54, 1.807) is 0 Å². The molecule has 158 valence electrons. The summed E-state index contributed by atoms with van der Waals surface area (Å²) in [5.74, 6) is 1.93. The molecule has 2 aliphatic rings. The van der Waals surface area contributed by atoms with Crippen LogP contribution in [0.3, 0.4) is 0 Å². The van der Waals surface area contributed by atoms with Crippen molar-refractivity contribution in [3.05, 3.63) is 77.4 Å². The number of ether oxygens (including phenoxy) is 2. The van der Waals surface area contributed by atoms with Crippen LogP contribution in [0.2, 0.25) is 0 Å². The van der Waals surface area contributed by atoms with Gasteiger partial charge in [-0.3, -0.25) is 4.79 Å². The molecule has 0 atom stereocenters. The lowest BCUT2D eigenvalue weighted by atomic mass is 9.90. The molecule has 0 radical (unpaired) electrons. The smallest absolute Gasteiger partial charge is 0.235 e. The zero-order valence-corrected chi connectivity index (χ0v) is 18.2. The van der Waals surface area contributed by atoms with E-state index >= 15 is 0 Å². The van der Waals surface area contributed by atoms with Gasteiger partial charge in [-0.1, -0.05) is 50.2 Å². The van der Waals surface area contributed by atoms with Crippen molar-refractivity contribution in [1.82, 2.24) is 0 Å². The Bertz CT molecular complexity index is 1160. The molecule has 1 N–H and O–H groups in total. The number of hydrogen-bond acceptors (Lipinski definition) is 3. The minimum Gasteiger partial charge on any atom is -0.454 e. The first kappa shape index (κ1) is 19.7. The highest BCUT2D eigenvalue weighted by Gasteiger charge is 2.51. The predicted octanol–water partition coefficient (Wildman–Crippen LogP) is 6.18. The van der Waals surface area contributed by atoms with E-state index in [9.17, 15) is 4.79 Å². The Morgan fingerprint density at radius 1 is 0.935 bits per heavy atom. The molecule has 0 saturated heterocycles. The number of hydrogen-bond donors (Lipinski definition) is 1. The van der Waals surface area contributed by atoms with E-state index in [0.717, 1.165) is 41.2 Å². The fraction of sp³-hybridized carbons (Fsp3) is 0.296. The van der Waals surface area contributed by atoms with Gasteiger partial charge in [-0.25, -0.2) is 0 Å². The molecule has 4 heteroatoms. The van der Waals surface area contributed by atoms with Crippen molar-refractivity contribution in [2.75, 3.05) is 12.1 Å². The molecule has 0 unspecified atom stereocenters. The van der Waals surface area contributed by atoms with Crippen LogP contribution >= 0.6 is 0 Å². The summed E-state index contributed by atoms with van der Waals surface area (Å²) >= 11 is 0. The fourth-order valence-electron chi connectivity index (χ4n) is 4.45. The van der Waals surface area contributed by atoms with Gasteiger partial charge in [0.25, 0.3) is 0 Å². The van der Waals surface area contributed by atoms with Crippen LogP contribution in [0.5, 0.6) is 11.5 Å². The maximum atomic E-state index is 13.3. The van der Waals surface area contributed by atoms with E-state index in [1.807, 2.05) is 24.3 Å². The molecule has 0 bridgehead atoms. The number of fused-ring (bicyclic) bond motifs is 1. The Morgan fingerprint density at radius 3 is 2.48 bits per heavy atom. The molecule has 31 heavy (non-hydrogen) atoms. The summed E-state index contributed by atoms with van der Waals surface area (Å²) < 4.78 is 10.9. The van der Waals surface area contributed by atoms with Crippen molar-refractivity contribution in [1.29, 1.82) is 0 Å². The standard InChI is InChI=1S/C27H27NO3/c1-17(2)21-6-4-5-7-22(21)23-15-20(10-8-18(23)3)28-26(29)27(12-13-27)19-9-11-24-25(14-19)31-16-30-24/h4-11,14-15,17H,12-13,16H2,1-3H3,(H,28,29). The van der Waals surface area contributed by atoms with Crippen LogP contribution in [-0.2, 0) is 10.2 Å². The lowest BCUT2D eigenvalue weighted by Crippen LogP contribution is -2.27. The van der Waals surface area contributed by atoms with E-state index in [1.165, 1.54) is 16.7 Å². The number of rotatable bonds is 5. The zero-order chi connectivity index (χ0) is 21.6.